The summed E-state index contributed by atoms with van der Waals surface area (Å²) in [5.41, 5.74) is 2.58. The maximum absolute atomic E-state index is 11.9. The summed E-state index contributed by atoms with van der Waals surface area (Å²) in [5.74, 6) is 0.0553. The molecular formula is C14H20N2O4S. The summed E-state index contributed by atoms with van der Waals surface area (Å²) in [4.78, 5) is 2.16. The molecule has 0 amide bonds. The number of morpholine rings is 1. The molecule has 0 aromatic heterocycles. The van der Waals surface area contributed by atoms with Crippen LogP contribution in [-0.4, -0.2) is 58.3 Å². The number of β-amino-alcohol motifs (C(OH)–C–C–N with tert-alkyl or cyclic N) is 1. The van der Waals surface area contributed by atoms with E-state index >= 15 is 0 Å². The highest BCUT2D eigenvalue weighted by Crippen LogP contribution is 2.35. The number of ether oxygens (including phenoxy) is 1. The summed E-state index contributed by atoms with van der Waals surface area (Å²) in [6.45, 7) is 2.95. The van der Waals surface area contributed by atoms with E-state index in [0.29, 0.717) is 13.2 Å². The molecule has 0 radical (unpaired) electrons. The Labute approximate surface area is 125 Å². The molecule has 1 aromatic rings. The van der Waals surface area contributed by atoms with Gasteiger partial charge in [-0.15, -0.1) is 0 Å². The van der Waals surface area contributed by atoms with Gasteiger partial charge in [-0.05, 0) is 23.3 Å². The number of hydrogen-bond acceptors (Lipinski definition) is 5. The summed E-state index contributed by atoms with van der Waals surface area (Å²) in [5, 5.41) is 9.03. The van der Waals surface area contributed by atoms with Gasteiger partial charge in [0.1, 0.15) is 0 Å². The summed E-state index contributed by atoms with van der Waals surface area (Å²) in [6.07, 6.45) is -0.0655. The average molecular weight is 312 g/mol. The molecule has 1 fully saturated rings. The molecule has 116 valence electrons. The summed E-state index contributed by atoms with van der Waals surface area (Å²) in [7, 11) is -1.62. The summed E-state index contributed by atoms with van der Waals surface area (Å²) in [6, 6.07) is 5.72. The Morgan fingerprint density at radius 2 is 2.24 bits per heavy atom. The van der Waals surface area contributed by atoms with Crippen molar-refractivity contribution in [2.24, 2.45) is 0 Å². The molecule has 21 heavy (non-hydrogen) atoms. The van der Waals surface area contributed by atoms with Crippen LogP contribution in [0.4, 0.5) is 5.69 Å². The van der Waals surface area contributed by atoms with E-state index in [1.54, 1.807) is 7.05 Å². The zero-order valence-electron chi connectivity index (χ0n) is 12.0. The fraction of sp³-hybridized carbons (Fsp3) is 0.571. The third kappa shape index (κ3) is 2.78. The van der Waals surface area contributed by atoms with Gasteiger partial charge < -0.3 is 9.84 Å². The second-order valence-corrected chi connectivity index (χ2v) is 7.50. The zero-order valence-corrected chi connectivity index (χ0v) is 12.8. The van der Waals surface area contributed by atoms with Crippen molar-refractivity contribution >= 4 is 15.7 Å². The van der Waals surface area contributed by atoms with Gasteiger partial charge >= 0.3 is 0 Å². The summed E-state index contributed by atoms with van der Waals surface area (Å²) >= 11 is 0. The molecule has 7 heteroatoms. The van der Waals surface area contributed by atoms with Gasteiger partial charge in [0.05, 0.1) is 30.8 Å². The minimum absolute atomic E-state index is 0.0553. The van der Waals surface area contributed by atoms with Crippen LogP contribution in [-0.2, 0) is 20.5 Å². The van der Waals surface area contributed by atoms with Crippen LogP contribution in [0.3, 0.4) is 0 Å². The Morgan fingerprint density at radius 1 is 1.43 bits per heavy atom. The first-order valence-electron chi connectivity index (χ1n) is 7.05. The first-order chi connectivity index (χ1) is 10.0. The molecule has 1 N–H and O–H groups in total. The first kappa shape index (κ1) is 14.8. The zero-order chi connectivity index (χ0) is 15.0. The molecule has 1 atom stereocenters. The van der Waals surface area contributed by atoms with Crippen molar-refractivity contribution < 1.29 is 18.3 Å². The predicted molar refractivity (Wildman–Crippen MR) is 79.7 cm³/mol. The molecule has 6 nitrogen and oxygen atoms in total. The third-order valence-corrected chi connectivity index (χ3v) is 5.84. The standard InChI is InChI=1S/C14H20N2O4S/c1-15-13-3-2-11(8-12(13)10-21(15,18)19)14-9-16(4-6-17)5-7-20-14/h2-3,8,14,17H,4-7,9-10H2,1H3. The number of aliphatic hydroxyl groups is 1. The van der Waals surface area contributed by atoms with Crippen LogP contribution < -0.4 is 4.31 Å². The monoisotopic (exact) mass is 312 g/mol. The van der Waals surface area contributed by atoms with E-state index < -0.39 is 10.0 Å². The van der Waals surface area contributed by atoms with E-state index in [9.17, 15) is 8.42 Å². The van der Waals surface area contributed by atoms with Crippen LogP contribution in [0.25, 0.3) is 0 Å². The van der Waals surface area contributed by atoms with Crippen molar-refractivity contribution in [3.63, 3.8) is 0 Å². The van der Waals surface area contributed by atoms with E-state index in [4.69, 9.17) is 9.84 Å². The molecule has 0 bridgehead atoms. The summed E-state index contributed by atoms with van der Waals surface area (Å²) < 4.78 is 30.9. The van der Waals surface area contributed by atoms with Crippen LogP contribution in [0.2, 0.25) is 0 Å². The van der Waals surface area contributed by atoms with Crippen LogP contribution in [0.5, 0.6) is 0 Å². The lowest BCUT2D eigenvalue weighted by Crippen LogP contribution is -2.39. The van der Waals surface area contributed by atoms with E-state index in [0.717, 1.165) is 29.9 Å². The molecule has 3 rings (SSSR count). The molecule has 2 aliphatic rings. The van der Waals surface area contributed by atoms with Crippen molar-refractivity contribution in [3.8, 4) is 0 Å². The van der Waals surface area contributed by atoms with Gasteiger partial charge in [-0.25, -0.2) is 8.42 Å². The van der Waals surface area contributed by atoms with Gasteiger partial charge in [0.15, 0.2) is 0 Å². The fourth-order valence-corrected chi connectivity index (χ4v) is 4.22. The first-order valence-corrected chi connectivity index (χ1v) is 8.66. The Bertz CT molecular complexity index is 630. The van der Waals surface area contributed by atoms with E-state index in [-0.39, 0.29) is 18.5 Å². The van der Waals surface area contributed by atoms with Gasteiger partial charge in [-0.1, -0.05) is 6.07 Å². The van der Waals surface area contributed by atoms with Crippen molar-refractivity contribution in [2.45, 2.75) is 11.9 Å². The number of rotatable bonds is 3. The number of sulfonamides is 1. The van der Waals surface area contributed by atoms with Gasteiger partial charge in [0, 0.05) is 26.7 Å². The van der Waals surface area contributed by atoms with Crippen LogP contribution >= 0.6 is 0 Å². The lowest BCUT2D eigenvalue weighted by molar-refractivity contribution is -0.0338. The third-order valence-electron chi connectivity index (χ3n) is 4.14. The Hall–Kier alpha value is -1.15. The Kier molecular flexibility index (Phi) is 3.92. The van der Waals surface area contributed by atoms with Gasteiger partial charge in [0.25, 0.3) is 0 Å². The highest BCUT2D eigenvalue weighted by molar-refractivity contribution is 7.92. The lowest BCUT2D eigenvalue weighted by Gasteiger charge is -2.32. The second-order valence-electron chi connectivity index (χ2n) is 5.50. The van der Waals surface area contributed by atoms with Gasteiger partial charge in [-0.3, -0.25) is 9.21 Å². The van der Waals surface area contributed by atoms with Crippen LogP contribution in [0.1, 0.15) is 17.2 Å². The molecular weight excluding hydrogens is 292 g/mol. The molecule has 2 aliphatic heterocycles. The second kappa shape index (κ2) is 5.57. The molecule has 1 aromatic carbocycles. The Balaban J connectivity index is 1.82. The number of hydrogen-bond donors (Lipinski definition) is 1. The maximum atomic E-state index is 11.9. The molecule has 0 aliphatic carbocycles. The van der Waals surface area contributed by atoms with Crippen molar-refractivity contribution in [2.75, 3.05) is 44.2 Å². The van der Waals surface area contributed by atoms with E-state index in [2.05, 4.69) is 4.90 Å². The lowest BCUT2D eigenvalue weighted by atomic mass is 10.0. The van der Waals surface area contributed by atoms with E-state index in [1.807, 2.05) is 18.2 Å². The normalized spacial score (nSPS) is 25.0. The van der Waals surface area contributed by atoms with Gasteiger partial charge in [0.2, 0.25) is 10.0 Å². The fourth-order valence-electron chi connectivity index (χ4n) is 2.92. The molecule has 2 heterocycles. The predicted octanol–water partition coefficient (Wildman–Crippen LogP) is 0.332. The van der Waals surface area contributed by atoms with Crippen molar-refractivity contribution in [3.05, 3.63) is 29.3 Å². The minimum atomic E-state index is -3.20. The number of fused-ring (bicyclic) bond motifs is 1. The number of anilines is 1. The topological polar surface area (TPSA) is 70.1 Å². The Morgan fingerprint density at radius 3 is 3.00 bits per heavy atom. The molecule has 0 spiro atoms. The molecule has 0 saturated carbocycles. The molecule has 1 saturated heterocycles. The smallest absolute Gasteiger partial charge is 0.239 e. The van der Waals surface area contributed by atoms with Crippen LogP contribution in [0, 0.1) is 0 Å². The van der Waals surface area contributed by atoms with E-state index in [1.165, 1.54) is 4.31 Å². The van der Waals surface area contributed by atoms with Crippen LogP contribution in [0.15, 0.2) is 18.2 Å². The quantitative estimate of drug-likeness (QED) is 0.871. The largest absolute Gasteiger partial charge is 0.395 e. The number of benzene rings is 1. The average Bonchev–Trinajstić information content (AvgIpc) is 2.69. The number of aliphatic hydroxyl groups excluding tert-OH is 1. The van der Waals surface area contributed by atoms with Crippen molar-refractivity contribution in [1.82, 2.24) is 4.90 Å². The van der Waals surface area contributed by atoms with Crippen molar-refractivity contribution in [1.29, 1.82) is 0 Å². The maximum Gasteiger partial charge on any atom is 0.239 e. The van der Waals surface area contributed by atoms with Gasteiger partial charge in [-0.2, -0.15) is 0 Å². The molecule has 1 unspecified atom stereocenters. The SMILES string of the molecule is CN1c2ccc(C3CN(CCO)CCO3)cc2CS1(=O)=O. The highest BCUT2D eigenvalue weighted by atomic mass is 32.2. The highest BCUT2D eigenvalue weighted by Gasteiger charge is 2.31. The minimum Gasteiger partial charge on any atom is -0.395 e. The number of nitrogens with zero attached hydrogens (tertiary/aromatic N) is 2.